The molecule has 15 heavy (non-hydrogen) atoms. The summed E-state index contributed by atoms with van der Waals surface area (Å²) in [4.78, 5) is 0. The van der Waals surface area contributed by atoms with Gasteiger partial charge in [-0.3, -0.25) is 11.3 Å². The van der Waals surface area contributed by atoms with Crippen molar-refractivity contribution in [1.29, 1.82) is 0 Å². The summed E-state index contributed by atoms with van der Waals surface area (Å²) in [6, 6.07) is 6.49. The summed E-state index contributed by atoms with van der Waals surface area (Å²) in [7, 11) is 0. The Morgan fingerprint density at radius 2 is 2.07 bits per heavy atom. The molecule has 3 N–H and O–H groups in total. The summed E-state index contributed by atoms with van der Waals surface area (Å²) in [6.45, 7) is 0. The molecular formula is C11H14Br2N2. The van der Waals surface area contributed by atoms with Gasteiger partial charge >= 0.3 is 0 Å². The third-order valence-corrected chi connectivity index (χ3v) is 4.31. The smallest absolute Gasteiger partial charge is 0.0499 e. The number of nitrogens with two attached hydrogens (primary N) is 1. The lowest BCUT2D eigenvalue weighted by Crippen LogP contribution is -2.36. The van der Waals surface area contributed by atoms with E-state index < -0.39 is 0 Å². The van der Waals surface area contributed by atoms with Gasteiger partial charge < -0.3 is 0 Å². The third-order valence-electron chi connectivity index (χ3n) is 3.09. The van der Waals surface area contributed by atoms with Crippen LogP contribution in [-0.4, -0.2) is 0 Å². The minimum Gasteiger partial charge on any atom is -0.271 e. The third kappa shape index (κ3) is 2.44. The van der Waals surface area contributed by atoms with Gasteiger partial charge in [0.25, 0.3) is 0 Å². The van der Waals surface area contributed by atoms with Gasteiger partial charge in [-0.1, -0.05) is 38.3 Å². The molecule has 1 aliphatic rings. The van der Waals surface area contributed by atoms with Crippen molar-refractivity contribution in [3.05, 3.63) is 32.7 Å². The maximum atomic E-state index is 5.65. The van der Waals surface area contributed by atoms with Gasteiger partial charge in [0, 0.05) is 15.0 Å². The molecule has 0 saturated heterocycles. The summed E-state index contributed by atoms with van der Waals surface area (Å²) >= 11 is 7.07. The molecule has 0 aliphatic heterocycles. The molecule has 1 atom stereocenters. The van der Waals surface area contributed by atoms with Gasteiger partial charge in [-0.2, -0.15) is 0 Å². The normalized spacial score (nSPS) is 18.6. The molecule has 0 aromatic heterocycles. The van der Waals surface area contributed by atoms with Crippen LogP contribution in [0.4, 0.5) is 0 Å². The molecule has 1 aliphatic carbocycles. The second-order valence-electron chi connectivity index (χ2n) is 4.00. The SMILES string of the molecule is NNC(c1cc(Br)ccc1Br)C1CCC1. The standard InChI is InChI=1S/C11H14Br2N2/c12-8-4-5-10(13)9(6-8)11(15-14)7-2-1-3-7/h4-7,11,15H,1-3,14H2. The molecule has 2 nitrogen and oxygen atoms in total. The zero-order chi connectivity index (χ0) is 10.8. The number of benzene rings is 1. The molecule has 4 heteroatoms. The van der Waals surface area contributed by atoms with Crippen molar-refractivity contribution >= 4 is 31.9 Å². The summed E-state index contributed by atoms with van der Waals surface area (Å²) in [5.41, 5.74) is 4.18. The Bertz CT molecular complexity index is 350. The van der Waals surface area contributed by atoms with E-state index >= 15 is 0 Å². The zero-order valence-electron chi connectivity index (χ0n) is 8.34. The summed E-state index contributed by atoms with van der Waals surface area (Å²) in [6.07, 6.45) is 3.87. The fourth-order valence-electron chi connectivity index (χ4n) is 2.01. The van der Waals surface area contributed by atoms with Crippen LogP contribution >= 0.6 is 31.9 Å². The van der Waals surface area contributed by atoms with Crippen LogP contribution in [0, 0.1) is 5.92 Å². The topological polar surface area (TPSA) is 38.0 Å². The van der Waals surface area contributed by atoms with Crippen molar-refractivity contribution in [2.45, 2.75) is 25.3 Å². The van der Waals surface area contributed by atoms with Crippen LogP contribution in [-0.2, 0) is 0 Å². The van der Waals surface area contributed by atoms with Gasteiger partial charge in [0.1, 0.15) is 0 Å². The molecule has 1 aromatic carbocycles. The minimum atomic E-state index is 0.269. The van der Waals surface area contributed by atoms with Crippen molar-refractivity contribution < 1.29 is 0 Å². The van der Waals surface area contributed by atoms with Crippen molar-refractivity contribution in [3.63, 3.8) is 0 Å². The fourth-order valence-corrected chi connectivity index (χ4v) is 2.88. The highest BCUT2D eigenvalue weighted by Crippen LogP contribution is 2.40. The second kappa shape index (κ2) is 4.95. The van der Waals surface area contributed by atoms with E-state index in [2.05, 4.69) is 49.4 Å². The van der Waals surface area contributed by atoms with E-state index in [0.717, 1.165) is 8.95 Å². The van der Waals surface area contributed by atoms with Crippen LogP contribution in [0.1, 0.15) is 30.9 Å². The Morgan fingerprint density at radius 3 is 2.60 bits per heavy atom. The number of rotatable bonds is 3. The Labute approximate surface area is 107 Å². The van der Waals surface area contributed by atoms with Crippen molar-refractivity contribution in [1.82, 2.24) is 5.43 Å². The van der Waals surface area contributed by atoms with Crippen LogP contribution in [0.25, 0.3) is 0 Å². The Hall–Kier alpha value is 0.1000. The molecule has 0 heterocycles. The Kier molecular flexibility index (Phi) is 3.83. The molecule has 2 rings (SSSR count). The van der Waals surface area contributed by atoms with Gasteiger partial charge in [-0.15, -0.1) is 0 Å². The van der Waals surface area contributed by atoms with E-state index in [4.69, 9.17) is 5.84 Å². The molecule has 0 spiro atoms. The quantitative estimate of drug-likeness (QED) is 0.656. The highest BCUT2D eigenvalue weighted by Gasteiger charge is 2.28. The number of hydrazine groups is 1. The van der Waals surface area contributed by atoms with Crippen molar-refractivity contribution in [2.75, 3.05) is 0 Å². The van der Waals surface area contributed by atoms with Crippen LogP contribution in [0.5, 0.6) is 0 Å². The molecule has 0 amide bonds. The lowest BCUT2D eigenvalue weighted by molar-refractivity contribution is 0.231. The van der Waals surface area contributed by atoms with E-state index in [-0.39, 0.29) is 6.04 Å². The largest absolute Gasteiger partial charge is 0.271 e. The van der Waals surface area contributed by atoms with Crippen LogP contribution in [0.2, 0.25) is 0 Å². The average Bonchev–Trinajstić information content (AvgIpc) is 2.15. The highest BCUT2D eigenvalue weighted by atomic mass is 79.9. The number of hydrogen-bond donors (Lipinski definition) is 2. The fraction of sp³-hybridized carbons (Fsp3) is 0.455. The predicted octanol–water partition coefficient (Wildman–Crippen LogP) is 3.52. The molecule has 1 saturated carbocycles. The number of halogens is 2. The van der Waals surface area contributed by atoms with E-state index in [1.807, 2.05) is 6.07 Å². The number of nitrogens with one attached hydrogen (secondary N) is 1. The zero-order valence-corrected chi connectivity index (χ0v) is 11.5. The summed E-state index contributed by atoms with van der Waals surface area (Å²) in [5.74, 6) is 6.33. The highest BCUT2D eigenvalue weighted by molar-refractivity contribution is 9.11. The predicted molar refractivity (Wildman–Crippen MR) is 69.2 cm³/mol. The van der Waals surface area contributed by atoms with E-state index in [9.17, 15) is 0 Å². The van der Waals surface area contributed by atoms with E-state index in [0.29, 0.717) is 5.92 Å². The molecule has 82 valence electrons. The lowest BCUT2D eigenvalue weighted by Gasteiger charge is -2.34. The first-order valence-corrected chi connectivity index (χ1v) is 6.72. The monoisotopic (exact) mass is 332 g/mol. The summed E-state index contributed by atoms with van der Waals surface area (Å²) in [5, 5.41) is 0. The molecule has 1 fully saturated rings. The lowest BCUT2D eigenvalue weighted by atomic mass is 9.77. The first kappa shape index (κ1) is 11.6. The van der Waals surface area contributed by atoms with Crippen LogP contribution in [0.3, 0.4) is 0 Å². The molecular weight excluding hydrogens is 320 g/mol. The van der Waals surface area contributed by atoms with Crippen LogP contribution < -0.4 is 11.3 Å². The van der Waals surface area contributed by atoms with Gasteiger partial charge in [-0.25, -0.2) is 0 Å². The van der Waals surface area contributed by atoms with Gasteiger partial charge in [0.05, 0.1) is 0 Å². The summed E-state index contributed by atoms with van der Waals surface area (Å²) < 4.78 is 2.22. The molecule has 1 aromatic rings. The van der Waals surface area contributed by atoms with Crippen molar-refractivity contribution in [3.8, 4) is 0 Å². The van der Waals surface area contributed by atoms with Crippen molar-refractivity contribution in [2.24, 2.45) is 11.8 Å². The maximum Gasteiger partial charge on any atom is 0.0499 e. The molecule has 0 bridgehead atoms. The Balaban J connectivity index is 2.28. The van der Waals surface area contributed by atoms with Gasteiger partial charge in [0.2, 0.25) is 0 Å². The minimum absolute atomic E-state index is 0.269. The first-order valence-electron chi connectivity index (χ1n) is 5.13. The van der Waals surface area contributed by atoms with E-state index in [1.54, 1.807) is 0 Å². The second-order valence-corrected chi connectivity index (χ2v) is 5.77. The molecule has 0 radical (unpaired) electrons. The first-order chi connectivity index (χ1) is 7.22. The Morgan fingerprint density at radius 1 is 1.33 bits per heavy atom. The average molecular weight is 334 g/mol. The molecule has 1 unspecified atom stereocenters. The van der Waals surface area contributed by atoms with Gasteiger partial charge in [0.15, 0.2) is 0 Å². The van der Waals surface area contributed by atoms with E-state index in [1.165, 1.54) is 24.8 Å². The number of hydrogen-bond acceptors (Lipinski definition) is 2. The van der Waals surface area contributed by atoms with Crippen LogP contribution in [0.15, 0.2) is 27.1 Å². The maximum absolute atomic E-state index is 5.65. The van der Waals surface area contributed by atoms with Gasteiger partial charge in [-0.05, 0) is 42.5 Å².